The Morgan fingerprint density at radius 3 is 2.75 bits per heavy atom. The van der Waals surface area contributed by atoms with Crippen molar-refractivity contribution in [1.29, 1.82) is 0 Å². The van der Waals surface area contributed by atoms with E-state index in [4.69, 9.17) is 15.2 Å². The minimum absolute atomic E-state index is 0.0909. The van der Waals surface area contributed by atoms with E-state index in [-0.39, 0.29) is 11.9 Å². The lowest BCUT2D eigenvalue weighted by atomic mass is 10.0. The Bertz CT molecular complexity index is 215. The SMILES string of the molecule is CC(C)C(CCN)NC(=O)C1COCCO1. The van der Waals surface area contributed by atoms with Crippen molar-refractivity contribution in [3.05, 3.63) is 0 Å². The molecule has 1 aliphatic heterocycles. The molecule has 0 aromatic heterocycles. The summed E-state index contributed by atoms with van der Waals surface area (Å²) in [5.74, 6) is 0.281. The van der Waals surface area contributed by atoms with E-state index in [1.54, 1.807) is 0 Å². The Balaban J connectivity index is 2.40. The van der Waals surface area contributed by atoms with Crippen LogP contribution in [0, 0.1) is 5.92 Å². The van der Waals surface area contributed by atoms with Crippen LogP contribution in [0.4, 0.5) is 0 Å². The maximum absolute atomic E-state index is 11.8. The molecule has 3 N–H and O–H groups in total. The molecule has 0 aromatic rings. The molecule has 0 aliphatic carbocycles. The molecule has 0 spiro atoms. The molecule has 1 rings (SSSR count). The molecule has 94 valence electrons. The Labute approximate surface area is 96.7 Å². The van der Waals surface area contributed by atoms with Crippen LogP contribution in [0.25, 0.3) is 0 Å². The van der Waals surface area contributed by atoms with Crippen LogP contribution in [0.1, 0.15) is 20.3 Å². The van der Waals surface area contributed by atoms with E-state index in [1.165, 1.54) is 0 Å². The van der Waals surface area contributed by atoms with Crippen LogP contribution in [-0.4, -0.2) is 44.4 Å². The van der Waals surface area contributed by atoms with Gasteiger partial charge in [-0.1, -0.05) is 13.8 Å². The van der Waals surface area contributed by atoms with Crippen molar-refractivity contribution in [2.75, 3.05) is 26.4 Å². The lowest BCUT2D eigenvalue weighted by Gasteiger charge is -2.27. The summed E-state index contributed by atoms with van der Waals surface area (Å²) in [7, 11) is 0. The number of carbonyl (C=O) groups is 1. The van der Waals surface area contributed by atoms with E-state index >= 15 is 0 Å². The topological polar surface area (TPSA) is 73.6 Å². The van der Waals surface area contributed by atoms with Gasteiger partial charge in [0.2, 0.25) is 0 Å². The standard InChI is InChI=1S/C11H22N2O3/c1-8(2)9(3-4-12)13-11(14)10-7-15-5-6-16-10/h8-10H,3-7,12H2,1-2H3,(H,13,14). The van der Waals surface area contributed by atoms with E-state index in [0.717, 1.165) is 6.42 Å². The second kappa shape index (κ2) is 6.83. The first-order chi connectivity index (χ1) is 7.65. The molecule has 1 heterocycles. The molecule has 0 radical (unpaired) electrons. The summed E-state index contributed by atoms with van der Waals surface area (Å²) in [6.45, 7) is 6.11. The zero-order valence-electron chi connectivity index (χ0n) is 10.1. The Kier molecular flexibility index (Phi) is 5.73. The van der Waals surface area contributed by atoms with Gasteiger partial charge in [0.25, 0.3) is 5.91 Å². The molecule has 16 heavy (non-hydrogen) atoms. The van der Waals surface area contributed by atoms with Crippen molar-refractivity contribution in [3.63, 3.8) is 0 Å². The quantitative estimate of drug-likeness (QED) is 0.691. The Morgan fingerprint density at radius 1 is 1.50 bits per heavy atom. The lowest BCUT2D eigenvalue weighted by Crippen LogP contribution is -2.48. The molecule has 1 fully saturated rings. The first kappa shape index (κ1) is 13.4. The number of ether oxygens (including phenoxy) is 2. The number of hydrogen-bond acceptors (Lipinski definition) is 4. The molecule has 5 nitrogen and oxygen atoms in total. The van der Waals surface area contributed by atoms with E-state index in [0.29, 0.717) is 32.3 Å². The highest BCUT2D eigenvalue weighted by molar-refractivity contribution is 5.81. The van der Waals surface area contributed by atoms with Crippen LogP contribution in [0.3, 0.4) is 0 Å². The van der Waals surface area contributed by atoms with Crippen molar-refractivity contribution in [2.24, 2.45) is 11.7 Å². The third-order valence-electron chi connectivity index (χ3n) is 2.72. The highest BCUT2D eigenvalue weighted by Gasteiger charge is 2.25. The summed E-state index contributed by atoms with van der Waals surface area (Å²) in [6, 6.07) is 0.114. The number of amides is 1. The molecular formula is C11H22N2O3. The van der Waals surface area contributed by atoms with Gasteiger partial charge in [-0.2, -0.15) is 0 Å². The lowest BCUT2D eigenvalue weighted by molar-refractivity contribution is -0.148. The van der Waals surface area contributed by atoms with Gasteiger partial charge in [-0.15, -0.1) is 0 Å². The molecule has 0 saturated carbocycles. The number of rotatable bonds is 5. The summed E-state index contributed by atoms with van der Waals surface area (Å²) < 4.78 is 10.5. The van der Waals surface area contributed by atoms with E-state index < -0.39 is 6.10 Å². The van der Waals surface area contributed by atoms with Crippen LogP contribution in [-0.2, 0) is 14.3 Å². The maximum Gasteiger partial charge on any atom is 0.251 e. The van der Waals surface area contributed by atoms with E-state index in [9.17, 15) is 4.79 Å². The predicted molar refractivity (Wildman–Crippen MR) is 61.0 cm³/mol. The number of hydrogen-bond donors (Lipinski definition) is 2. The molecule has 2 atom stereocenters. The van der Waals surface area contributed by atoms with Crippen LogP contribution in [0.2, 0.25) is 0 Å². The summed E-state index contributed by atoms with van der Waals surface area (Å²) in [5, 5.41) is 2.96. The van der Waals surface area contributed by atoms with Gasteiger partial charge in [0.1, 0.15) is 0 Å². The van der Waals surface area contributed by atoms with Gasteiger partial charge in [0.15, 0.2) is 6.10 Å². The highest BCUT2D eigenvalue weighted by Crippen LogP contribution is 2.07. The van der Waals surface area contributed by atoms with Gasteiger partial charge in [0.05, 0.1) is 19.8 Å². The van der Waals surface area contributed by atoms with Gasteiger partial charge in [-0.3, -0.25) is 4.79 Å². The van der Waals surface area contributed by atoms with Crippen molar-refractivity contribution in [1.82, 2.24) is 5.32 Å². The molecule has 0 bridgehead atoms. The zero-order valence-corrected chi connectivity index (χ0v) is 10.1. The first-order valence-electron chi connectivity index (χ1n) is 5.85. The van der Waals surface area contributed by atoms with Gasteiger partial charge in [0, 0.05) is 6.04 Å². The molecule has 2 unspecified atom stereocenters. The minimum Gasteiger partial charge on any atom is -0.376 e. The van der Waals surface area contributed by atoms with Crippen molar-refractivity contribution in [3.8, 4) is 0 Å². The average molecular weight is 230 g/mol. The molecule has 1 amide bonds. The third-order valence-corrected chi connectivity index (χ3v) is 2.72. The van der Waals surface area contributed by atoms with E-state index in [2.05, 4.69) is 19.2 Å². The second-order valence-corrected chi connectivity index (χ2v) is 4.37. The Hall–Kier alpha value is -0.650. The number of nitrogens with two attached hydrogens (primary N) is 1. The number of nitrogens with one attached hydrogen (secondary N) is 1. The largest absolute Gasteiger partial charge is 0.376 e. The second-order valence-electron chi connectivity index (χ2n) is 4.37. The molecule has 1 aliphatic rings. The first-order valence-corrected chi connectivity index (χ1v) is 5.85. The van der Waals surface area contributed by atoms with Gasteiger partial charge < -0.3 is 20.5 Å². The minimum atomic E-state index is -0.465. The van der Waals surface area contributed by atoms with E-state index in [1.807, 2.05) is 0 Å². The van der Waals surface area contributed by atoms with Crippen LogP contribution >= 0.6 is 0 Å². The fraction of sp³-hybridized carbons (Fsp3) is 0.909. The Morgan fingerprint density at radius 2 is 2.25 bits per heavy atom. The fourth-order valence-corrected chi connectivity index (χ4v) is 1.67. The van der Waals surface area contributed by atoms with Crippen molar-refractivity contribution < 1.29 is 14.3 Å². The normalized spacial score (nSPS) is 23.1. The summed E-state index contributed by atoms with van der Waals surface area (Å²) >= 11 is 0. The average Bonchev–Trinajstić information content (AvgIpc) is 2.29. The third kappa shape index (κ3) is 4.08. The fourth-order valence-electron chi connectivity index (χ4n) is 1.67. The monoisotopic (exact) mass is 230 g/mol. The number of carbonyl (C=O) groups excluding carboxylic acids is 1. The predicted octanol–water partition coefficient (Wildman–Crippen LogP) is -0.109. The summed E-state index contributed by atoms with van der Waals surface area (Å²) in [4.78, 5) is 11.8. The van der Waals surface area contributed by atoms with Crippen LogP contribution in [0.5, 0.6) is 0 Å². The summed E-state index contributed by atoms with van der Waals surface area (Å²) in [5.41, 5.74) is 5.51. The van der Waals surface area contributed by atoms with Gasteiger partial charge >= 0.3 is 0 Å². The smallest absolute Gasteiger partial charge is 0.251 e. The van der Waals surface area contributed by atoms with Gasteiger partial charge in [-0.05, 0) is 18.9 Å². The van der Waals surface area contributed by atoms with Gasteiger partial charge in [-0.25, -0.2) is 0 Å². The molecule has 0 aromatic carbocycles. The molecular weight excluding hydrogens is 208 g/mol. The molecule has 5 heteroatoms. The highest BCUT2D eigenvalue weighted by atomic mass is 16.6. The van der Waals surface area contributed by atoms with Crippen LogP contribution < -0.4 is 11.1 Å². The van der Waals surface area contributed by atoms with Crippen molar-refractivity contribution in [2.45, 2.75) is 32.4 Å². The van der Waals surface area contributed by atoms with Crippen LogP contribution in [0.15, 0.2) is 0 Å². The van der Waals surface area contributed by atoms with Crippen molar-refractivity contribution >= 4 is 5.91 Å². The zero-order chi connectivity index (χ0) is 12.0. The summed E-state index contributed by atoms with van der Waals surface area (Å²) in [6.07, 6.45) is 0.324. The maximum atomic E-state index is 11.8. The molecule has 1 saturated heterocycles.